The first kappa shape index (κ1) is 19.3. The normalized spacial score (nSPS) is 17.2. The summed E-state index contributed by atoms with van der Waals surface area (Å²) in [5.74, 6) is -0.313. The van der Waals surface area contributed by atoms with Crippen molar-refractivity contribution in [3.63, 3.8) is 0 Å². The Kier molecular flexibility index (Phi) is 9.43. The van der Waals surface area contributed by atoms with Crippen molar-refractivity contribution in [3.8, 4) is 0 Å². The monoisotopic (exact) mass is 424 g/mol. The first-order chi connectivity index (χ1) is 8.22. The van der Waals surface area contributed by atoms with Crippen LogP contribution < -0.4 is 5.32 Å². The number of alkyl halides is 1. The molecule has 0 spiro atoms. The van der Waals surface area contributed by atoms with Gasteiger partial charge in [0.05, 0.1) is 6.04 Å². The van der Waals surface area contributed by atoms with Gasteiger partial charge in [-0.2, -0.15) is 0 Å². The van der Waals surface area contributed by atoms with Crippen LogP contribution in [0.25, 0.3) is 0 Å². The second-order valence-corrected chi connectivity index (χ2v) is 5.37. The number of hydrogen-bond acceptors (Lipinski definition) is 2. The Morgan fingerprint density at radius 1 is 1.26 bits per heavy atom. The van der Waals surface area contributed by atoms with Crippen LogP contribution in [0.15, 0.2) is 18.2 Å². The van der Waals surface area contributed by atoms with E-state index >= 15 is 0 Å². The van der Waals surface area contributed by atoms with Crippen LogP contribution in [0, 0.1) is 9.39 Å². The van der Waals surface area contributed by atoms with Crippen molar-refractivity contribution >= 4 is 47.4 Å². The third-order valence-corrected chi connectivity index (χ3v) is 3.73. The summed E-state index contributed by atoms with van der Waals surface area (Å²) in [4.78, 5) is 2.00. The van der Waals surface area contributed by atoms with Crippen LogP contribution in [0.2, 0.25) is 0 Å². The summed E-state index contributed by atoms with van der Waals surface area (Å²) in [6.45, 7) is 2.65. The molecule has 2 nitrogen and oxygen atoms in total. The maximum atomic E-state index is 13.7. The average Bonchev–Trinajstić information content (AvgIpc) is 2.36. The van der Waals surface area contributed by atoms with E-state index in [1.54, 1.807) is 12.1 Å². The number of nitrogens with one attached hydrogen (secondary N) is 1. The predicted molar refractivity (Wildman–Crippen MR) is 86.8 cm³/mol. The minimum absolute atomic E-state index is 0. The number of benzene rings is 1. The van der Waals surface area contributed by atoms with Gasteiger partial charge in [0.15, 0.2) is 0 Å². The lowest BCUT2D eigenvalue weighted by Gasteiger charge is -2.33. The Balaban J connectivity index is 0.00000162. The Hall–Kier alpha value is 0.310. The molecule has 0 bridgehead atoms. The maximum Gasteiger partial charge on any atom is 0.128 e. The van der Waals surface area contributed by atoms with Crippen molar-refractivity contribution in [2.24, 2.45) is 0 Å². The lowest BCUT2D eigenvalue weighted by Crippen LogP contribution is -2.45. The summed E-state index contributed by atoms with van der Waals surface area (Å²) in [6, 6.07) is 4.41. The molecule has 1 saturated heterocycles. The van der Waals surface area contributed by atoms with Crippen LogP contribution in [-0.2, 0) is 0 Å². The van der Waals surface area contributed by atoms with Gasteiger partial charge in [-0.25, -0.2) is 8.78 Å². The molecule has 1 aromatic rings. The minimum Gasteiger partial charge on any atom is -0.314 e. The highest BCUT2D eigenvalue weighted by molar-refractivity contribution is 14.1. The number of rotatable bonds is 3. The molecule has 19 heavy (non-hydrogen) atoms. The molecule has 7 heteroatoms. The van der Waals surface area contributed by atoms with Gasteiger partial charge < -0.3 is 5.32 Å². The Labute approximate surface area is 138 Å². The van der Waals surface area contributed by atoms with E-state index in [0.717, 1.165) is 29.7 Å². The summed E-state index contributed by atoms with van der Waals surface area (Å²) >= 11 is 2.12. The Morgan fingerprint density at radius 2 is 1.89 bits per heavy atom. The smallest absolute Gasteiger partial charge is 0.128 e. The molecule has 0 radical (unpaired) electrons. The van der Waals surface area contributed by atoms with Gasteiger partial charge in [-0.15, -0.1) is 24.8 Å². The molecule has 0 amide bonds. The topological polar surface area (TPSA) is 15.3 Å². The Bertz CT molecular complexity index is 390. The number of hydrogen-bond donors (Lipinski definition) is 1. The van der Waals surface area contributed by atoms with Gasteiger partial charge in [0.1, 0.15) is 12.5 Å². The van der Waals surface area contributed by atoms with Crippen molar-refractivity contribution in [1.29, 1.82) is 0 Å². The molecule has 1 heterocycles. The van der Waals surface area contributed by atoms with E-state index in [2.05, 4.69) is 27.9 Å². The van der Waals surface area contributed by atoms with Gasteiger partial charge in [-0.05, 0) is 40.8 Å². The molecule has 1 aliphatic heterocycles. The average molecular weight is 425 g/mol. The number of halogens is 5. The fourth-order valence-corrected chi connectivity index (χ4v) is 2.66. The van der Waals surface area contributed by atoms with Gasteiger partial charge in [0.25, 0.3) is 0 Å². The SMILES string of the molecule is Cl.Cl.FC[C@@H](c1cc(I)ccc1F)N1CCNCC1. The fraction of sp³-hybridized carbons (Fsp3) is 0.500. The van der Waals surface area contributed by atoms with Gasteiger partial charge >= 0.3 is 0 Å². The first-order valence-electron chi connectivity index (χ1n) is 5.68. The quantitative estimate of drug-likeness (QED) is 0.749. The van der Waals surface area contributed by atoms with Crippen LogP contribution in [0.3, 0.4) is 0 Å². The van der Waals surface area contributed by atoms with Gasteiger partial charge in [-0.1, -0.05) is 0 Å². The van der Waals surface area contributed by atoms with Crippen molar-refractivity contribution in [2.75, 3.05) is 32.9 Å². The van der Waals surface area contributed by atoms with Crippen LogP contribution >= 0.6 is 47.4 Å². The zero-order chi connectivity index (χ0) is 12.3. The van der Waals surface area contributed by atoms with E-state index in [1.807, 2.05) is 4.90 Å². The second kappa shape index (κ2) is 9.28. The minimum atomic E-state index is -0.545. The molecular weight excluding hydrogens is 408 g/mol. The van der Waals surface area contributed by atoms with Gasteiger partial charge in [0, 0.05) is 35.3 Å². The third kappa shape index (κ3) is 4.97. The van der Waals surface area contributed by atoms with Crippen molar-refractivity contribution in [3.05, 3.63) is 33.1 Å². The lowest BCUT2D eigenvalue weighted by atomic mass is 10.1. The van der Waals surface area contributed by atoms with Crippen molar-refractivity contribution < 1.29 is 8.78 Å². The Morgan fingerprint density at radius 3 is 2.47 bits per heavy atom. The summed E-state index contributed by atoms with van der Waals surface area (Å²) in [7, 11) is 0. The molecule has 0 aromatic heterocycles. The largest absolute Gasteiger partial charge is 0.314 e. The molecule has 0 saturated carbocycles. The van der Waals surface area contributed by atoms with Crippen LogP contribution in [0.1, 0.15) is 11.6 Å². The van der Waals surface area contributed by atoms with E-state index in [4.69, 9.17) is 0 Å². The molecule has 0 aliphatic carbocycles. The van der Waals surface area contributed by atoms with E-state index in [-0.39, 0.29) is 30.6 Å². The van der Waals surface area contributed by atoms with Crippen molar-refractivity contribution in [1.82, 2.24) is 10.2 Å². The maximum absolute atomic E-state index is 13.7. The number of nitrogens with zero attached hydrogens (tertiary/aromatic N) is 1. The van der Waals surface area contributed by atoms with Crippen LogP contribution in [0.5, 0.6) is 0 Å². The van der Waals surface area contributed by atoms with Crippen LogP contribution in [-0.4, -0.2) is 37.8 Å². The molecule has 110 valence electrons. The highest BCUT2D eigenvalue weighted by Crippen LogP contribution is 2.25. The lowest BCUT2D eigenvalue weighted by molar-refractivity contribution is 0.144. The first-order valence-corrected chi connectivity index (χ1v) is 6.76. The molecule has 0 unspecified atom stereocenters. The molecule has 1 fully saturated rings. The fourth-order valence-electron chi connectivity index (χ4n) is 2.14. The summed E-state index contributed by atoms with van der Waals surface area (Å²) in [5.41, 5.74) is 0.473. The zero-order valence-electron chi connectivity index (χ0n) is 10.2. The summed E-state index contributed by atoms with van der Waals surface area (Å²) < 4.78 is 27.9. The van der Waals surface area contributed by atoms with Gasteiger partial charge in [0.2, 0.25) is 0 Å². The summed E-state index contributed by atoms with van der Waals surface area (Å²) in [5, 5.41) is 3.21. The highest BCUT2D eigenvalue weighted by Gasteiger charge is 2.24. The van der Waals surface area contributed by atoms with E-state index in [0.29, 0.717) is 5.56 Å². The predicted octanol–water partition coefficient (Wildman–Crippen LogP) is 3.19. The van der Waals surface area contributed by atoms with E-state index in [9.17, 15) is 8.78 Å². The molecule has 1 aliphatic rings. The van der Waals surface area contributed by atoms with E-state index < -0.39 is 12.7 Å². The molecule has 1 aromatic carbocycles. The highest BCUT2D eigenvalue weighted by atomic mass is 127. The molecule has 1 N–H and O–H groups in total. The summed E-state index contributed by atoms with van der Waals surface area (Å²) in [6.07, 6.45) is 0. The molecular formula is C12H17Cl2F2IN2. The van der Waals surface area contributed by atoms with E-state index in [1.165, 1.54) is 6.07 Å². The van der Waals surface area contributed by atoms with Crippen molar-refractivity contribution in [2.45, 2.75) is 6.04 Å². The third-order valence-electron chi connectivity index (χ3n) is 3.06. The standard InChI is InChI=1S/C12H15F2IN2.2ClH/c13-8-12(17-5-3-16-4-6-17)10-7-9(15)1-2-11(10)14;;/h1-2,7,12,16H,3-6,8H2;2*1H/t12-;;/m0../s1. The van der Waals surface area contributed by atoms with Gasteiger partial charge in [-0.3, -0.25) is 4.90 Å². The zero-order valence-corrected chi connectivity index (χ0v) is 14.0. The molecule has 1 atom stereocenters. The second-order valence-electron chi connectivity index (χ2n) is 4.12. The number of piperazine rings is 1. The van der Waals surface area contributed by atoms with Crippen LogP contribution in [0.4, 0.5) is 8.78 Å². The molecule has 2 rings (SSSR count).